The smallest absolute Gasteiger partial charge is 0.100 e. The van der Waals surface area contributed by atoms with Crippen molar-refractivity contribution in [3.05, 3.63) is 48.0 Å². The maximum atomic E-state index is 9.57. The second-order valence-corrected chi connectivity index (χ2v) is 4.11. The first kappa shape index (κ1) is 12.7. The van der Waals surface area contributed by atoms with E-state index >= 15 is 0 Å². The molecule has 83 valence electrons. The van der Waals surface area contributed by atoms with Gasteiger partial charge in [0.1, 0.15) is 5.75 Å². The van der Waals surface area contributed by atoms with Gasteiger partial charge in [0.05, 0.1) is 0 Å². The van der Waals surface area contributed by atoms with Crippen LogP contribution in [0.1, 0.15) is 12.5 Å². The van der Waals surface area contributed by atoms with Crippen molar-refractivity contribution in [2.24, 2.45) is 0 Å². The van der Waals surface area contributed by atoms with E-state index in [0.29, 0.717) is 5.75 Å². The van der Waals surface area contributed by atoms with Crippen molar-refractivity contribution < 1.29 is 37.8 Å². The third-order valence-corrected chi connectivity index (χ3v) is 3.22. The average Bonchev–Trinajstić information content (AvgIpc) is 2.62. The van der Waals surface area contributed by atoms with Crippen molar-refractivity contribution in [2.75, 3.05) is 0 Å². The Kier molecular flexibility index (Phi) is 3.60. The molecule has 1 radical (unpaired) electrons. The molecule has 3 aromatic carbocycles. The van der Waals surface area contributed by atoms with Gasteiger partial charge in [-0.25, -0.2) is 0 Å². The van der Waals surface area contributed by atoms with Crippen LogP contribution >= 0.6 is 0 Å². The predicted octanol–water partition coefficient (Wildman–Crippen LogP) is 3.98. The summed E-state index contributed by atoms with van der Waals surface area (Å²) in [5.41, 5.74) is 1.38. The van der Waals surface area contributed by atoms with Crippen LogP contribution in [0.2, 0.25) is 0 Å². The number of hydrogen-bond donors (Lipinski definition) is 1. The fraction of sp³-hybridized carbons (Fsp3) is 0.133. The average molecular weight is 298 g/mol. The first-order valence-corrected chi connectivity index (χ1v) is 5.60. The minimum atomic E-state index is 0. The van der Waals surface area contributed by atoms with Crippen LogP contribution < -0.4 is 0 Å². The van der Waals surface area contributed by atoms with Crippen molar-refractivity contribution in [1.29, 1.82) is 0 Å². The molecule has 0 heterocycles. The molecule has 3 rings (SSSR count). The van der Waals surface area contributed by atoms with E-state index in [1.54, 1.807) is 6.07 Å². The topological polar surface area (TPSA) is 20.2 Å². The zero-order valence-corrected chi connectivity index (χ0v) is 12.6. The van der Waals surface area contributed by atoms with Gasteiger partial charge in [-0.05, 0) is 0 Å². The van der Waals surface area contributed by atoms with Crippen molar-refractivity contribution in [2.45, 2.75) is 13.3 Å². The molecule has 0 aliphatic rings. The van der Waals surface area contributed by atoms with Crippen molar-refractivity contribution >= 4 is 21.5 Å². The van der Waals surface area contributed by atoms with Gasteiger partial charge in [0.15, 0.2) is 0 Å². The van der Waals surface area contributed by atoms with Gasteiger partial charge in [-0.2, -0.15) is 0 Å². The Morgan fingerprint density at radius 1 is 1.00 bits per heavy atom. The third kappa shape index (κ3) is 1.92. The Labute approximate surface area is 126 Å². The van der Waals surface area contributed by atoms with Crippen molar-refractivity contribution in [1.82, 2.24) is 0 Å². The summed E-state index contributed by atoms with van der Waals surface area (Å²) >= 11 is 0. The first-order chi connectivity index (χ1) is 7.81. The summed E-state index contributed by atoms with van der Waals surface area (Å²) in [6, 6.07) is 14.0. The van der Waals surface area contributed by atoms with Crippen molar-refractivity contribution in [3.8, 4) is 5.75 Å². The van der Waals surface area contributed by atoms with Gasteiger partial charge in [-0.15, -0.1) is 39.2 Å². The van der Waals surface area contributed by atoms with Gasteiger partial charge in [-0.1, -0.05) is 43.7 Å². The Morgan fingerprint density at radius 3 is 2.47 bits per heavy atom. The van der Waals surface area contributed by atoms with E-state index in [4.69, 9.17) is 0 Å². The molecule has 0 bridgehead atoms. The van der Waals surface area contributed by atoms with Crippen LogP contribution in [0.5, 0.6) is 5.75 Å². The largest absolute Gasteiger partial charge is 0.509 e. The van der Waals surface area contributed by atoms with Crippen LogP contribution in [0, 0.1) is 0 Å². The molecule has 0 saturated heterocycles. The minimum Gasteiger partial charge on any atom is -0.509 e. The van der Waals surface area contributed by atoms with E-state index in [1.807, 2.05) is 18.2 Å². The van der Waals surface area contributed by atoms with E-state index in [1.165, 1.54) is 21.7 Å². The fourth-order valence-electron chi connectivity index (χ4n) is 2.53. The van der Waals surface area contributed by atoms with E-state index in [0.717, 1.165) is 11.8 Å². The summed E-state index contributed by atoms with van der Waals surface area (Å²) in [4.78, 5) is 0. The number of aromatic hydroxyl groups is 1. The Bertz CT molecular complexity index is 667. The van der Waals surface area contributed by atoms with Crippen molar-refractivity contribution in [3.63, 3.8) is 0 Å². The summed E-state index contributed by atoms with van der Waals surface area (Å²) in [5, 5.41) is 14.5. The van der Waals surface area contributed by atoms with Crippen LogP contribution in [0.4, 0.5) is 0 Å². The summed E-state index contributed by atoms with van der Waals surface area (Å²) in [7, 11) is 0. The number of phenols is 1. The molecule has 0 unspecified atom stereocenters. The molecule has 2 heteroatoms. The number of fused-ring (bicyclic) bond motifs is 3. The molecule has 0 atom stereocenters. The van der Waals surface area contributed by atoms with Crippen LogP contribution in [-0.4, -0.2) is 5.11 Å². The number of rotatable bonds is 1. The van der Waals surface area contributed by atoms with Gasteiger partial charge < -0.3 is 5.11 Å². The van der Waals surface area contributed by atoms with Gasteiger partial charge >= 0.3 is 0 Å². The quantitative estimate of drug-likeness (QED) is 0.674. The molecular formula is C15H13OY-. The molecule has 0 aromatic heterocycles. The van der Waals surface area contributed by atoms with E-state index in [9.17, 15) is 5.11 Å². The third-order valence-electron chi connectivity index (χ3n) is 3.22. The molecule has 17 heavy (non-hydrogen) atoms. The fourth-order valence-corrected chi connectivity index (χ4v) is 2.53. The van der Waals surface area contributed by atoms with E-state index in [-0.39, 0.29) is 32.7 Å². The number of phenolic OH excluding ortho intramolecular Hbond substituents is 1. The van der Waals surface area contributed by atoms with Crippen LogP contribution in [0.15, 0.2) is 42.5 Å². The molecule has 0 amide bonds. The molecule has 0 aliphatic carbocycles. The maximum Gasteiger partial charge on any atom is 0.100 e. The molecule has 3 aromatic rings. The van der Waals surface area contributed by atoms with Crippen LogP contribution in [0.25, 0.3) is 21.5 Å². The van der Waals surface area contributed by atoms with Gasteiger partial charge in [0.25, 0.3) is 0 Å². The summed E-state index contributed by atoms with van der Waals surface area (Å²) in [6.07, 6.45) is 1.02. The number of aryl methyl sites for hydroxylation is 1. The zero-order valence-electron chi connectivity index (χ0n) is 9.77. The standard InChI is InChI=1S/C15H13O.Y/c1-2-11-12-5-3-4-6-13(12)15-9-10(16)7-8-14(11)15;/h3-9,16H,2H2,1H3;/q-1;. The molecule has 1 N–H and O–H groups in total. The Hall–Kier alpha value is -0.786. The molecular weight excluding hydrogens is 285 g/mol. The Morgan fingerprint density at radius 2 is 1.71 bits per heavy atom. The first-order valence-electron chi connectivity index (χ1n) is 5.60. The molecule has 0 spiro atoms. The molecule has 0 aliphatic heterocycles. The second kappa shape index (κ2) is 4.83. The SMILES string of the molecule is CC[c-]1c2ccccc2c2cc(O)ccc21.[Y]. The van der Waals surface area contributed by atoms with Crippen LogP contribution in [0.3, 0.4) is 0 Å². The molecule has 0 saturated carbocycles. The van der Waals surface area contributed by atoms with Gasteiger partial charge in [0, 0.05) is 32.7 Å². The zero-order chi connectivity index (χ0) is 11.1. The predicted molar refractivity (Wildman–Crippen MR) is 68.1 cm³/mol. The summed E-state index contributed by atoms with van der Waals surface area (Å²) in [5.74, 6) is 0.339. The number of hydrogen-bond acceptors (Lipinski definition) is 1. The van der Waals surface area contributed by atoms with Gasteiger partial charge in [0.2, 0.25) is 0 Å². The monoisotopic (exact) mass is 298 g/mol. The normalized spacial score (nSPS) is 10.6. The summed E-state index contributed by atoms with van der Waals surface area (Å²) in [6.45, 7) is 2.17. The van der Waals surface area contributed by atoms with Crippen LogP contribution in [-0.2, 0) is 39.1 Å². The van der Waals surface area contributed by atoms with E-state index in [2.05, 4.69) is 25.1 Å². The molecule has 1 nitrogen and oxygen atoms in total. The summed E-state index contributed by atoms with van der Waals surface area (Å²) < 4.78 is 0. The van der Waals surface area contributed by atoms with E-state index < -0.39 is 0 Å². The molecule has 0 fully saturated rings. The Balaban J connectivity index is 0.00000108. The number of benzene rings is 2. The second-order valence-electron chi connectivity index (χ2n) is 4.11. The minimum absolute atomic E-state index is 0. The maximum absolute atomic E-state index is 9.57. The van der Waals surface area contributed by atoms with Gasteiger partial charge in [-0.3, -0.25) is 0 Å².